The topological polar surface area (TPSA) is 109 Å². The van der Waals surface area contributed by atoms with Crippen molar-refractivity contribution < 1.29 is 4.40 Å². The third-order valence-corrected chi connectivity index (χ3v) is 6.27. The first-order valence-electron chi connectivity index (χ1n) is 11.2. The summed E-state index contributed by atoms with van der Waals surface area (Å²) in [6.45, 7) is 7.17. The number of piperazine rings is 1. The molecule has 0 amide bonds. The molecular formula is C24H29N8O+. The summed E-state index contributed by atoms with van der Waals surface area (Å²) in [6.07, 6.45) is 0. The average Bonchev–Trinajstić information content (AvgIpc) is 3.11. The van der Waals surface area contributed by atoms with E-state index in [1.165, 1.54) is 4.40 Å². The zero-order valence-electron chi connectivity index (χ0n) is 19.2. The van der Waals surface area contributed by atoms with Crippen LogP contribution in [0.4, 0.5) is 5.95 Å². The van der Waals surface area contributed by atoms with Crippen LogP contribution in [0.25, 0.3) is 28.0 Å². The van der Waals surface area contributed by atoms with Gasteiger partial charge >= 0.3 is 11.6 Å². The number of rotatable bonds is 4. The SMILES string of the molecule is Cc1cc(-c2c(-c3ccccc3)nc(N)[n+]3c(=O)n(C[C@@H]4CNCCN4C)[nH]c23)cc(C)n1. The zero-order valence-corrected chi connectivity index (χ0v) is 19.2. The first-order valence-corrected chi connectivity index (χ1v) is 11.2. The van der Waals surface area contributed by atoms with Crippen LogP contribution >= 0.6 is 0 Å². The highest BCUT2D eigenvalue weighted by molar-refractivity contribution is 5.88. The fraction of sp³-hybridized carbons (Fsp3) is 0.333. The van der Waals surface area contributed by atoms with Crippen LogP contribution in [-0.2, 0) is 6.54 Å². The van der Waals surface area contributed by atoms with Crippen LogP contribution in [0.15, 0.2) is 47.3 Å². The number of aryl methyl sites for hydroxylation is 2. The van der Waals surface area contributed by atoms with Crippen LogP contribution in [0.5, 0.6) is 0 Å². The smallest absolute Gasteiger partial charge is 0.319 e. The van der Waals surface area contributed by atoms with Gasteiger partial charge in [0.15, 0.2) is 0 Å². The van der Waals surface area contributed by atoms with Crippen molar-refractivity contribution >= 4 is 11.6 Å². The molecule has 9 nitrogen and oxygen atoms in total. The number of nitrogens with two attached hydrogens (primary N) is 1. The van der Waals surface area contributed by atoms with E-state index in [0.717, 1.165) is 53.4 Å². The summed E-state index contributed by atoms with van der Waals surface area (Å²) < 4.78 is 3.11. The Morgan fingerprint density at radius 1 is 1.12 bits per heavy atom. The molecule has 0 radical (unpaired) electrons. The average molecular weight is 446 g/mol. The van der Waals surface area contributed by atoms with Crippen LogP contribution in [-0.4, -0.2) is 57.4 Å². The van der Waals surface area contributed by atoms with E-state index < -0.39 is 0 Å². The number of H-pyrrole nitrogens is 1. The molecule has 0 saturated carbocycles. The minimum absolute atomic E-state index is 0.158. The molecule has 1 aliphatic rings. The summed E-state index contributed by atoms with van der Waals surface area (Å²) in [5.41, 5.74) is 12.0. The third kappa shape index (κ3) is 3.90. The maximum absolute atomic E-state index is 13.4. The predicted molar refractivity (Wildman–Crippen MR) is 128 cm³/mol. The Morgan fingerprint density at radius 3 is 2.55 bits per heavy atom. The summed E-state index contributed by atoms with van der Waals surface area (Å²) in [5.74, 6) is 0.158. The van der Waals surface area contributed by atoms with Gasteiger partial charge in [-0.2, -0.15) is 4.68 Å². The molecule has 170 valence electrons. The van der Waals surface area contributed by atoms with Crippen LogP contribution < -0.4 is 21.1 Å². The second-order valence-corrected chi connectivity index (χ2v) is 8.73. The number of aromatic nitrogens is 5. The fourth-order valence-electron chi connectivity index (χ4n) is 4.61. The second-order valence-electron chi connectivity index (χ2n) is 8.73. The standard InChI is InChI=1S/C24H28N8O/c1-15-11-18(12-16(2)27-15)20-21(17-7-5-4-6-8-17)28-23(25)32-22(20)29-31(24(32)33)14-19-13-26-9-10-30(19)3/h4-8,11-12,19,26H,9-10,13-14H2,1-3H3,(H2,25,27,28,29)/p+1/t19-/m0/s1. The lowest BCUT2D eigenvalue weighted by Crippen LogP contribution is -2.53. The van der Waals surface area contributed by atoms with Gasteiger partial charge in [-0.25, -0.2) is 9.89 Å². The lowest BCUT2D eigenvalue weighted by Gasteiger charge is -2.31. The fourth-order valence-corrected chi connectivity index (χ4v) is 4.61. The van der Waals surface area contributed by atoms with Crippen LogP contribution in [0.1, 0.15) is 11.4 Å². The summed E-state index contributed by atoms with van der Waals surface area (Å²) in [6, 6.07) is 14.1. The summed E-state index contributed by atoms with van der Waals surface area (Å²) >= 11 is 0. The van der Waals surface area contributed by atoms with Crippen molar-refractivity contribution in [2.45, 2.75) is 26.4 Å². The number of fused-ring (bicyclic) bond motifs is 1. The van der Waals surface area contributed by atoms with Gasteiger partial charge in [-0.05, 0) is 38.6 Å². The number of hydrogen-bond donors (Lipinski definition) is 3. The van der Waals surface area contributed by atoms with E-state index in [1.54, 1.807) is 4.68 Å². The maximum Gasteiger partial charge on any atom is 0.428 e. The molecule has 9 heteroatoms. The number of nitrogen functional groups attached to an aromatic ring is 1. The molecule has 33 heavy (non-hydrogen) atoms. The second kappa shape index (κ2) is 8.42. The lowest BCUT2D eigenvalue weighted by atomic mass is 9.99. The summed E-state index contributed by atoms with van der Waals surface area (Å²) in [5, 5.41) is 6.77. The minimum atomic E-state index is -0.225. The number of benzene rings is 1. The highest BCUT2D eigenvalue weighted by Crippen LogP contribution is 2.33. The molecule has 5 rings (SSSR count). The van der Waals surface area contributed by atoms with Gasteiger partial charge in [0.25, 0.3) is 0 Å². The molecule has 0 unspecified atom stereocenters. The molecule has 0 bridgehead atoms. The number of likely N-dealkylation sites (N-methyl/N-ethyl adjacent to an activating group) is 1. The van der Waals surface area contributed by atoms with Crippen molar-refractivity contribution in [2.75, 3.05) is 32.4 Å². The Labute approximate surface area is 191 Å². The van der Waals surface area contributed by atoms with Gasteiger partial charge in [0.05, 0.1) is 18.2 Å². The highest BCUT2D eigenvalue weighted by Gasteiger charge is 2.28. The van der Waals surface area contributed by atoms with Crippen LogP contribution in [0.3, 0.4) is 0 Å². The lowest BCUT2D eigenvalue weighted by molar-refractivity contribution is -0.516. The summed E-state index contributed by atoms with van der Waals surface area (Å²) in [4.78, 5) is 24.9. The first kappa shape index (κ1) is 21.3. The van der Waals surface area contributed by atoms with Crippen LogP contribution in [0.2, 0.25) is 0 Å². The van der Waals surface area contributed by atoms with Crippen molar-refractivity contribution in [1.29, 1.82) is 0 Å². The van der Waals surface area contributed by atoms with Crippen LogP contribution in [0, 0.1) is 13.8 Å². The molecule has 0 aliphatic carbocycles. The molecule has 4 heterocycles. The molecule has 1 fully saturated rings. The van der Waals surface area contributed by atoms with E-state index in [-0.39, 0.29) is 17.7 Å². The first-order chi connectivity index (χ1) is 15.9. The molecule has 3 aromatic heterocycles. The van der Waals surface area contributed by atoms with Crippen molar-refractivity contribution in [3.63, 3.8) is 0 Å². The van der Waals surface area contributed by atoms with Gasteiger partial charge in [0.1, 0.15) is 5.69 Å². The quantitative estimate of drug-likeness (QED) is 0.407. The number of aromatic amines is 1. The van der Waals surface area contributed by atoms with E-state index in [1.807, 2.05) is 56.3 Å². The van der Waals surface area contributed by atoms with Crippen molar-refractivity contribution in [3.05, 3.63) is 64.3 Å². The number of pyridine rings is 1. The number of hydrogen-bond acceptors (Lipinski definition) is 6. The van der Waals surface area contributed by atoms with Gasteiger partial charge in [0.2, 0.25) is 5.65 Å². The van der Waals surface area contributed by atoms with E-state index in [4.69, 9.17) is 10.7 Å². The predicted octanol–water partition coefficient (Wildman–Crippen LogP) is 1.14. The number of nitrogens with one attached hydrogen (secondary N) is 2. The molecule has 0 spiro atoms. The normalized spacial score (nSPS) is 17.0. The Hall–Kier alpha value is -3.56. The molecule has 1 aromatic carbocycles. The van der Waals surface area contributed by atoms with E-state index in [2.05, 4.69) is 27.3 Å². The minimum Gasteiger partial charge on any atom is -0.319 e. The number of anilines is 1. The van der Waals surface area contributed by atoms with E-state index in [9.17, 15) is 4.79 Å². The molecular weight excluding hydrogens is 416 g/mol. The Kier molecular flexibility index (Phi) is 5.43. The highest BCUT2D eigenvalue weighted by atomic mass is 16.2. The van der Waals surface area contributed by atoms with Crippen molar-refractivity contribution in [3.8, 4) is 22.4 Å². The van der Waals surface area contributed by atoms with Crippen molar-refractivity contribution in [2.24, 2.45) is 0 Å². The number of nitrogens with zero attached hydrogens (tertiary/aromatic N) is 5. The van der Waals surface area contributed by atoms with E-state index >= 15 is 0 Å². The van der Waals surface area contributed by atoms with Gasteiger partial charge in [-0.3, -0.25) is 9.88 Å². The van der Waals surface area contributed by atoms with Gasteiger partial charge in [-0.15, -0.1) is 9.38 Å². The van der Waals surface area contributed by atoms with Crippen molar-refractivity contribution in [1.82, 2.24) is 30.0 Å². The zero-order chi connectivity index (χ0) is 23.1. The molecule has 1 saturated heterocycles. The third-order valence-electron chi connectivity index (χ3n) is 6.27. The van der Waals surface area contributed by atoms with E-state index in [0.29, 0.717) is 12.2 Å². The maximum atomic E-state index is 13.4. The Morgan fingerprint density at radius 2 is 1.85 bits per heavy atom. The van der Waals surface area contributed by atoms with Gasteiger partial charge in [0, 0.05) is 36.6 Å². The monoisotopic (exact) mass is 445 g/mol. The Balaban J connectivity index is 1.77. The largest absolute Gasteiger partial charge is 0.428 e. The Bertz CT molecular complexity index is 1350. The molecule has 1 aliphatic heterocycles. The molecule has 1 atom stereocenters. The van der Waals surface area contributed by atoms with Gasteiger partial charge in [-0.1, -0.05) is 30.3 Å². The summed E-state index contributed by atoms with van der Waals surface area (Å²) in [7, 11) is 2.09. The molecule has 4 aromatic rings. The van der Waals surface area contributed by atoms with Gasteiger partial charge < -0.3 is 11.1 Å². The molecule has 4 N–H and O–H groups in total.